The summed E-state index contributed by atoms with van der Waals surface area (Å²) in [6.07, 6.45) is 2.47. The number of rotatable bonds is 8. The van der Waals surface area contributed by atoms with Crippen LogP contribution in [0.4, 0.5) is 0 Å². The Morgan fingerprint density at radius 1 is 1.25 bits per heavy atom. The van der Waals surface area contributed by atoms with E-state index in [0.29, 0.717) is 29.0 Å². The molecule has 1 amide bonds. The lowest BCUT2D eigenvalue weighted by atomic mass is 10.1. The standard InChI is InChI=1S/C20H24BrNO5S/c1-2-3-11-26-17-6-4-15(5-7-17)20(23)22(13-18-8-9-19(21)27-18)16-10-12-28(24,25)14-16/h4-9,16H,2-3,10-14H2,1H3/t16-/m1/s1. The van der Waals surface area contributed by atoms with Crippen LogP contribution >= 0.6 is 15.9 Å². The Kier molecular flexibility index (Phi) is 6.82. The molecule has 0 unspecified atom stereocenters. The van der Waals surface area contributed by atoms with Gasteiger partial charge in [-0.15, -0.1) is 0 Å². The monoisotopic (exact) mass is 469 g/mol. The Morgan fingerprint density at radius 3 is 2.57 bits per heavy atom. The van der Waals surface area contributed by atoms with Crippen LogP contribution in [-0.2, 0) is 16.4 Å². The molecule has 1 atom stereocenters. The molecule has 8 heteroatoms. The number of ether oxygens (including phenoxy) is 1. The average molecular weight is 470 g/mol. The van der Waals surface area contributed by atoms with E-state index in [0.717, 1.165) is 18.6 Å². The number of benzene rings is 1. The van der Waals surface area contributed by atoms with Crippen LogP contribution in [-0.4, -0.2) is 43.4 Å². The average Bonchev–Trinajstić information content (AvgIpc) is 3.24. The lowest BCUT2D eigenvalue weighted by Gasteiger charge is -2.27. The van der Waals surface area contributed by atoms with Crippen LogP contribution < -0.4 is 4.74 Å². The molecule has 1 aliphatic heterocycles. The number of furan rings is 1. The fourth-order valence-electron chi connectivity index (χ4n) is 3.19. The van der Waals surface area contributed by atoms with E-state index in [1.807, 2.05) is 0 Å². The molecule has 1 saturated heterocycles. The predicted octanol–water partition coefficient (Wildman–Crippen LogP) is 4.05. The molecule has 3 rings (SSSR count). The number of sulfone groups is 1. The third-order valence-corrected chi connectivity index (χ3v) is 6.91. The Hall–Kier alpha value is -1.80. The minimum absolute atomic E-state index is 0.0150. The molecule has 0 spiro atoms. The van der Waals surface area contributed by atoms with Gasteiger partial charge in [-0.2, -0.15) is 0 Å². The number of carbonyl (C=O) groups excluding carboxylic acids is 1. The highest BCUT2D eigenvalue weighted by Gasteiger charge is 2.35. The van der Waals surface area contributed by atoms with Gasteiger partial charge in [0.25, 0.3) is 5.91 Å². The van der Waals surface area contributed by atoms with E-state index in [1.165, 1.54) is 0 Å². The van der Waals surface area contributed by atoms with Crippen molar-refractivity contribution in [2.45, 2.75) is 38.8 Å². The van der Waals surface area contributed by atoms with Crippen molar-refractivity contribution in [3.05, 3.63) is 52.4 Å². The number of halogens is 1. The summed E-state index contributed by atoms with van der Waals surface area (Å²) in [6, 6.07) is 10.2. The van der Waals surface area contributed by atoms with Gasteiger partial charge in [-0.05, 0) is 65.2 Å². The summed E-state index contributed by atoms with van der Waals surface area (Å²) in [7, 11) is -3.12. The number of amides is 1. The van der Waals surface area contributed by atoms with Crippen molar-refractivity contribution in [2.75, 3.05) is 18.1 Å². The summed E-state index contributed by atoms with van der Waals surface area (Å²) < 4.78 is 35.6. The molecule has 1 aromatic heterocycles. The first-order chi connectivity index (χ1) is 13.4. The fraction of sp³-hybridized carbons (Fsp3) is 0.450. The van der Waals surface area contributed by atoms with Crippen LogP contribution in [0.1, 0.15) is 42.3 Å². The van der Waals surface area contributed by atoms with Crippen molar-refractivity contribution in [1.29, 1.82) is 0 Å². The smallest absolute Gasteiger partial charge is 0.254 e. The van der Waals surface area contributed by atoms with E-state index >= 15 is 0 Å². The molecule has 0 N–H and O–H groups in total. The molecule has 0 aliphatic carbocycles. The van der Waals surface area contributed by atoms with Gasteiger partial charge in [0, 0.05) is 11.6 Å². The molecule has 6 nitrogen and oxygen atoms in total. The van der Waals surface area contributed by atoms with Gasteiger partial charge < -0.3 is 14.1 Å². The molecule has 0 bridgehead atoms. The number of nitrogens with zero attached hydrogens (tertiary/aromatic N) is 1. The maximum Gasteiger partial charge on any atom is 0.254 e. The van der Waals surface area contributed by atoms with Gasteiger partial charge >= 0.3 is 0 Å². The van der Waals surface area contributed by atoms with Gasteiger partial charge in [0.15, 0.2) is 14.5 Å². The van der Waals surface area contributed by atoms with Gasteiger partial charge in [-0.1, -0.05) is 13.3 Å². The maximum absolute atomic E-state index is 13.2. The lowest BCUT2D eigenvalue weighted by molar-refractivity contribution is 0.0665. The number of carbonyl (C=O) groups is 1. The van der Waals surface area contributed by atoms with Crippen molar-refractivity contribution >= 4 is 31.7 Å². The number of hydrogen-bond acceptors (Lipinski definition) is 5. The largest absolute Gasteiger partial charge is 0.494 e. The van der Waals surface area contributed by atoms with E-state index < -0.39 is 9.84 Å². The van der Waals surface area contributed by atoms with E-state index in [9.17, 15) is 13.2 Å². The minimum atomic E-state index is -3.12. The molecule has 28 heavy (non-hydrogen) atoms. The van der Waals surface area contributed by atoms with Crippen molar-refractivity contribution in [2.24, 2.45) is 0 Å². The summed E-state index contributed by atoms with van der Waals surface area (Å²) >= 11 is 3.26. The highest BCUT2D eigenvalue weighted by atomic mass is 79.9. The van der Waals surface area contributed by atoms with Crippen LogP contribution in [0.3, 0.4) is 0 Å². The first-order valence-corrected chi connectivity index (χ1v) is 12.0. The summed E-state index contributed by atoms with van der Waals surface area (Å²) in [6.45, 7) is 2.96. The molecule has 1 aromatic carbocycles. The highest BCUT2D eigenvalue weighted by molar-refractivity contribution is 9.10. The zero-order valence-corrected chi connectivity index (χ0v) is 18.2. The first-order valence-electron chi connectivity index (χ1n) is 9.36. The normalized spacial score (nSPS) is 18.1. The molecule has 1 fully saturated rings. The summed E-state index contributed by atoms with van der Waals surface area (Å²) in [4.78, 5) is 14.8. The quantitative estimate of drug-likeness (QED) is 0.544. The number of unbranched alkanes of at least 4 members (excludes halogenated alkanes) is 1. The third kappa shape index (κ3) is 5.38. The van der Waals surface area contributed by atoms with Gasteiger partial charge in [0.05, 0.1) is 24.7 Å². The molecule has 0 saturated carbocycles. The van der Waals surface area contributed by atoms with Crippen LogP contribution in [0.2, 0.25) is 0 Å². The van der Waals surface area contributed by atoms with E-state index in [2.05, 4.69) is 22.9 Å². The summed E-state index contributed by atoms with van der Waals surface area (Å²) in [5.41, 5.74) is 0.498. The molecule has 152 valence electrons. The molecule has 2 heterocycles. The highest BCUT2D eigenvalue weighted by Crippen LogP contribution is 2.25. The van der Waals surface area contributed by atoms with Crippen LogP contribution in [0, 0.1) is 0 Å². The Labute approximate surface area is 173 Å². The molecule has 0 radical (unpaired) electrons. The fourth-order valence-corrected chi connectivity index (χ4v) is 5.26. The third-order valence-electron chi connectivity index (χ3n) is 4.73. The van der Waals surface area contributed by atoms with E-state index in [1.54, 1.807) is 41.3 Å². The topological polar surface area (TPSA) is 76.8 Å². The molecular weight excluding hydrogens is 446 g/mol. The number of hydrogen-bond donors (Lipinski definition) is 0. The second-order valence-corrected chi connectivity index (χ2v) is 9.93. The van der Waals surface area contributed by atoms with E-state index in [4.69, 9.17) is 9.15 Å². The van der Waals surface area contributed by atoms with Crippen LogP contribution in [0.25, 0.3) is 0 Å². The second-order valence-electron chi connectivity index (χ2n) is 6.92. The predicted molar refractivity (Wildman–Crippen MR) is 110 cm³/mol. The van der Waals surface area contributed by atoms with Gasteiger partial charge in [0.1, 0.15) is 11.5 Å². The van der Waals surface area contributed by atoms with Crippen molar-refractivity contribution < 1.29 is 22.4 Å². The molecule has 1 aliphatic rings. The zero-order valence-electron chi connectivity index (χ0n) is 15.8. The summed E-state index contributed by atoms with van der Waals surface area (Å²) in [5.74, 6) is 1.19. The van der Waals surface area contributed by atoms with Gasteiger partial charge in [0.2, 0.25) is 0 Å². The van der Waals surface area contributed by atoms with Crippen molar-refractivity contribution in [3.63, 3.8) is 0 Å². The second kappa shape index (κ2) is 9.13. The van der Waals surface area contributed by atoms with Gasteiger partial charge in [-0.25, -0.2) is 8.42 Å². The van der Waals surface area contributed by atoms with Gasteiger partial charge in [-0.3, -0.25) is 4.79 Å². The maximum atomic E-state index is 13.2. The SMILES string of the molecule is CCCCOc1ccc(C(=O)N(Cc2ccc(Br)o2)[C@@H]2CCS(=O)(=O)C2)cc1. The Balaban J connectivity index is 1.77. The molecule has 2 aromatic rings. The van der Waals surface area contributed by atoms with E-state index in [-0.39, 0.29) is 30.0 Å². The minimum Gasteiger partial charge on any atom is -0.494 e. The van der Waals surface area contributed by atoms with Crippen LogP contribution in [0.15, 0.2) is 45.5 Å². The van der Waals surface area contributed by atoms with Crippen LogP contribution in [0.5, 0.6) is 5.75 Å². The van der Waals surface area contributed by atoms with Crippen molar-refractivity contribution in [3.8, 4) is 5.75 Å². The Morgan fingerprint density at radius 2 is 2.00 bits per heavy atom. The van der Waals surface area contributed by atoms with Crippen molar-refractivity contribution in [1.82, 2.24) is 4.90 Å². The Bertz CT molecular complexity index is 907. The molecular formula is C20H24BrNO5S. The zero-order chi connectivity index (χ0) is 20.1. The lowest BCUT2D eigenvalue weighted by Crippen LogP contribution is -2.40. The summed E-state index contributed by atoms with van der Waals surface area (Å²) in [5, 5.41) is 0. The first kappa shape index (κ1) is 20.9.